The van der Waals surface area contributed by atoms with E-state index in [1.807, 2.05) is 23.6 Å². The summed E-state index contributed by atoms with van der Waals surface area (Å²) >= 11 is 5.01. The third-order valence-corrected chi connectivity index (χ3v) is 7.04. The lowest BCUT2D eigenvalue weighted by Gasteiger charge is -2.35. The number of thiazole rings is 1. The highest BCUT2D eigenvalue weighted by Gasteiger charge is 2.30. The van der Waals surface area contributed by atoms with Crippen LogP contribution in [0.25, 0.3) is 0 Å². The molecule has 0 spiro atoms. The van der Waals surface area contributed by atoms with Gasteiger partial charge in [0.25, 0.3) is 0 Å². The van der Waals surface area contributed by atoms with E-state index in [-0.39, 0.29) is 12.0 Å². The summed E-state index contributed by atoms with van der Waals surface area (Å²) in [6.45, 7) is 3.93. The van der Waals surface area contributed by atoms with Crippen LogP contribution in [0.15, 0.2) is 34.3 Å². The SMILES string of the molecule is CCOC(=O)c1nc(CN2CCc3sccc3[C@@H]2c2cccs2)cs1. The maximum absolute atomic E-state index is 11.8. The third kappa shape index (κ3) is 3.42. The third-order valence-electron chi connectivity index (χ3n) is 4.25. The van der Waals surface area contributed by atoms with Crippen molar-refractivity contribution in [3.8, 4) is 0 Å². The van der Waals surface area contributed by atoms with Crippen LogP contribution in [0.3, 0.4) is 0 Å². The molecule has 0 radical (unpaired) electrons. The zero-order chi connectivity index (χ0) is 17.2. The van der Waals surface area contributed by atoms with Crippen LogP contribution in [-0.2, 0) is 17.7 Å². The Kier molecular flexibility index (Phi) is 4.98. The first-order chi connectivity index (χ1) is 12.3. The Bertz CT molecular complexity index is 853. The Labute approximate surface area is 158 Å². The van der Waals surface area contributed by atoms with E-state index in [1.54, 1.807) is 11.3 Å². The summed E-state index contributed by atoms with van der Waals surface area (Å²) in [6, 6.07) is 6.85. The first kappa shape index (κ1) is 16.9. The van der Waals surface area contributed by atoms with E-state index in [9.17, 15) is 4.79 Å². The minimum absolute atomic E-state index is 0.280. The average molecular weight is 391 g/mol. The fourth-order valence-corrected chi connectivity index (χ4v) is 5.67. The van der Waals surface area contributed by atoms with Crippen LogP contribution >= 0.6 is 34.0 Å². The number of fused-ring (bicyclic) bond motifs is 1. The number of carbonyl (C=O) groups excluding carboxylic acids is 1. The van der Waals surface area contributed by atoms with E-state index in [1.165, 1.54) is 26.7 Å². The normalized spacial score (nSPS) is 17.4. The van der Waals surface area contributed by atoms with Gasteiger partial charge < -0.3 is 4.74 Å². The molecule has 0 saturated carbocycles. The highest BCUT2D eigenvalue weighted by molar-refractivity contribution is 7.11. The summed E-state index contributed by atoms with van der Waals surface area (Å²) in [5, 5.41) is 6.74. The molecule has 3 aromatic heterocycles. The topological polar surface area (TPSA) is 42.4 Å². The van der Waals surface area contributed by atoms with Gasteiger partial charge in [0.2, 0.25) is 5.01 Å². The van der Waals surface area contributed by atoms with Crippen LogP contribution in [0.1, 0.15) is 43.8 Å². The number of ether oxygens (including phenoxy) is 1. The predicted molar refractivity (Wildman–Crippen MR) is 103 cm³/mol. The van der Waals surface area contributed by atoms with E-state index < -0.39 is 0 Å². The van der Waals surface area contributed by atoms with Gasteiger partial charge in [0, 0.05) is 28.2 Å². The second-order valence-electron chi connectivity index (χ2n) is 5.80. The molecule has 0 fully saturated rings. The van der Waals surface area contributed by atoms with Crippen LogP contribution in [0, 0.1) is 0 Å². The van der Waals surface area contributed by atoms with Gasteiger partial charge in [-0.1, -0.05) is 6.07 Å². The number of nitrogens with zero attached hydrogens (tertiary/aromatic N) is 2. The molecule has 1 atom stereocenters. The van der Waals surface area contributed by atoms with Crippen LogP contribution in [0.5, 0.6) is 0 Å². The van der Waals surface area contributed by atoms with Gasteiger partial charge in [-0.2, -0.15) is 0 Å². The Balaban J connectivity index is 1.58. The van der Waals surface area contributed by atoms with Crippen molar-refractivity contribution in [1.29, 1.82) is 0 Å². The fraction of sp³-hybridized carbons (Fsp3) is 0.333. The minimum atomic E-state index is -0.327. The molecule has 3 aromatic rings. The molecule has 0 bridgehead atoms. The summed E-state index contributed by atoms with van der Waals surface area (Å²) in [5.74, 6) is -0.327. The van der Waals surface area contributed by atoms with Crippen molar-refractivity contribution in [2.75, 3.05) is 13.2 Å². The average Bonchev–Trinajstić information content (AvgIpc) is 3.36. The standard InChI is InChI=1S/C18H18N2O2S3/c1-2-22-18(21)17-19-12(11-25-17)10-20-7-5-14-13(6-9-24-14)16(20)15-4-3-8-23-15/h3-4,6,8-9,11,16H,2,5,7,10H2,1H3/t16-/m1/s1. The summed E-state index contributed by atoms with van der Waals surface area (Å²) in [4.78, 5) is 21.6. The second-order valence-corrected chi connectivity index (χ2v) is 8.64. The minimum Gasteiger partial charge on any atom is -0.461 e. The van der Waals surface area contributed by atoms with E-state index in [0.29, 0.717) is 11.6 Å². The Morgan fingerprint density at radius 3 is 3.04 bits per heavy atom. The molecule has 4 rings (SSSR count). The maximum Gasteiger partial charge on any atom is 0.367 e. The van der Waals surface area contributed by atoms with Crippen LogP contribution in [-0.4, -0.2) is 29.0 Å². The van der Waals surface area contributed by atoms with E-state index in [0.717, 1.165) is 25.2 Å². The van der Waals surface area contributed by atoms with Gasteiger partial charge >= 0.3 is 5.97 Å². The molecule has 0 amide bonds. The Morgan fingerprint density at radius 1 is 1.32 bits per heavy atom. The molecule has 0 aliphatic carbocycles. The molecular weight excluding hydrogens is 372 g/mol. The zero-order valence-corrected chi connectivity index (χ0v) is 16.3. The quantitative estimate of drug-likeness (QED) is 0.598. The predicted octanol–water partition coefficient (Wildman–Crippen LogP) is 4.59. The Morgan fingerprint density at radius 2 is 2.24 bits per heavy atom. The van der Waals surface area contributed by atoms with Crippen molar-refractivity contribution in [3.63, 3.8) is 0 Å². The molecular formula is C18H18N2O2S3. The van der Waals surface area contributed by atoms with Gasteiger partial charge in [0.1, 0.15) is 0 Å². The molecule has 4 nitrogen and oxygen atoms in total. The van der Waals surface area contributed by atoms with Crippen molar-refractivity contribution >= 4 is 40.0 Å². The summed E-state index contributed by atoms with van der Waals surface area (Å²) < 4.78 is 5.05. The fourth-order valence-electron chi connectivity index (χ4n) is 3.19. The number of aromatic nitrogens is 1. The molecule has 0 saturated heterocycles. The molecule has 1 aliphatic heterocycles. The first-order valence-corrected chi connectivity index (χ1v) is 10.9. The van der Waals surface area contributed by atoms with Crippen molar-refractivity contribution in [2.24, 2.45) is 0 Å². The number of hydrogen-bond acceptors (Lipinski definition) is 7. The van der Waals surface area contributed by atoms with Crippen LogP contribution in [0.2, 0.25) is 0 Å². The van der Waals surface area contributed by atoms with Gasteiger partial charge in [-0.3, -0.25) is 4.90 Å². The summed E-state index contributed by atoms with van der Waals surface area (Å²) in [7, 11) is 0. The zero-order valence-electron chi connectivity index (χ0n) is 13.8. The maximum atomic E-state index is 11.8. The van der Waals surface area contributed by atoms with Crippen molar-refractivity contribution < 1.29 is 9.53 Å². The van der Waals surface area contributed by atoms with Crippen molar-refractivity contribution in [3.05, 3.63) is 60.4 Å². The molecule has 7 heteroatoms. The van der Waals surface area contributed by atoms with Gasteiger partial charge in [-0.15, -0.1) is 34.0 Å². The van der Waals surface area contributed by atoms with Crippen LogP contribution < -0.4 is 0 Å². The van der Waals surface area contributed by atoms with E-state index in [2.05, 4.69) is 38.8 Å². The molecule has 4 heterocycles. The van der Waals surface area contributed by atoms with Gasteiger partial charge in [-0.05, 0) is 41.8 Å². The van der Waals surface area contributed by atoms with Crippen molar-refractivity contribution in [1.82, 2.24) is 9.88 Å². The first-order valence-electron chi connectivity index (χ1n) is 8.21. The smallest absolute Gasteiger partial charge is 0.367 e. The van der Waals surface area contributed by atoms with Gasteiger partial charge in [0.05, 0.1) is 18.3 Å². The lowest BCUT2D eigenvalue weighted by Crippen LogP contribution is -2.34. The van der Waals surface area contributed by atoms with Crippen LogP contribution in [0.4, 0.5) is 0 Å². The number of thiophene rings is 2. The molecule has 130 valence electrons. The molecule has 1 aliphatic rings. The number of rotatable bonds is 5. The van der Waals surface area contributed by atoms with Crippen molar-refractivity contribution in [2.45, 2.75) is 25.9 Å². The monoisotopic (exact) mass is 390 g/mol. The molecule has 0 N–H and O–H groups in total. The largest absolute Gasteiger partial charge is 0.461 e. The number of esters is 1. The van der Waals surface area contributed by atoms with E-state index >= 15 is 0 Å². The summed E-state index contributed by atoms with van der Waals surface area (Å²) in [5.41, 5.74) is 2.35. The lowest BCUT2D eigenvalue weighted by molar-refractivity contribution is 0.0525. The Hall–Kier alpha value is -1.54. The highest BCUT2D eigenvalue weighted by atomic mass is 32.1. The van der Waals surface area contributed by atoms with Gasteiger partial charge in [-0.25, -0.2) is 9.78 Å². The second kappa shape index (κ2) is 7.37. The molecule has 25 heavy (non-hydrogen) atoms. The lowest BCUT2D eigenvalue weighted by atomic mass is 9.98. The highest BCUT2D eigenvalue weighted by Crippen LogP contribution is 2.40. The number of hydrogen-bond donors (Lipinski definition) is 0. The van der Waals surface area contributed by atoms with Gasteiger partial charge in [0.15, 0.2) is 0 Å². The molecule has 0 unspecified atom stereocenters. The molecule has 0 aromatic carbocycles. The van der Waals surface area contributed by atoms with E-state index in [4.69, 9.17) is 4.74 Å². The summed E-state index contributed by atoms with van der Waals surface area (Å²) in [6.07, 6.45) is 1.07. The number of carbonyl (C=O) groups is 1.